The van der Waals surface area contributed by atoms with E-state index in [-0.39, 0.29) is 5.60 Å². The van der Waals surface area contributed by atoms with Crippen LogP contribution in [0.25, 0.3) is 0 Å². The molecule has 0 aromatic heterocycles. The Morgan fingerprint density at radius 1 is 1.46 bits per heavy atom. The van der Waals surface area contributed by atoms with Crippen molar-refractivity contribution in [3.63, 3.8) is 0 Å². The second-order valence-electron chi connectivity index (χ2n) is 5.38. The Balaban J connectivity index is 2.16. The number of epoxide rings is 1. The second kappa shape index (κ2) is 4.35. The molecule has 1 aliphatic rings. The Labute approximate surface area is 86.4 Å². The van der Waals surface area contributed by atoms with Crippen LogP contribution in [0, 0.1) is 0 Å². The van der Waals surface area contributed by atoms with Crippen molar-refractivity contribution in [1.82, 2.24) is 0 Å². The van der Waals surface area contributed by atoms with E-state index in [1.165, 1.54) is 17.3 Å². The van der Waals surface area contributed by atoms with Crippen LogP contribution in [0.1, 0.15) is 19.3 Å². The van der Waals surface area contributed by atoms with Crippen molar-refractivity contribution in [2.24, 2.45) is 0 Å². The normalized spacial score (nSPS) is 27.3. The molecule has 76 valence electrons. The molecular formula is C11H22OSn. The monoisotopic (exact) mass is 290 g/mol. The molecule has 1 heterocycles. The van der Waals surface area contributed by atoms with Crippen molar-refractivity contribution >= 4 is 18.4 Å². The van der Waals surface area contributed by atoms with Gasteiger partial charge in [-0.3, -0.25) is 0 Å². The van der Waals surface area contributed by atoms with E-state index in [2.05, 4.69) is 21.4 Å². The standard InChI is InChI=1S/C8H13O.3CH3.Sn/c1-3-5-8(6-4-2)7-9-8;;;;/h3H,1-2,4-7H2;3*1H3;. The fourth-order valence-electron chi connectivity index (χ4n) is 1.67. The van der Waals surface area contributed by atoms with Gasteiger partial charge in [-0.25, -0.2) is 0 Å². The van der Waals surface area contributed by atoms with Gasteiger partial charge >= 0.3 is 86.5 Å². The Morgan fingerprint density at radius 3 is 2.46 bits per heavy atom. The van der Waals surface area contributed by atoms with Crippen LogP contribution in [0.2, 0.25) is 19.3 Å². The summed E-state index contributed by atoms with van der Waals surface area (Å²) < 4.78 is 7.00. The van der Waals surface area contributed by atoms with Gasteiger partial charge in [-0.15, -0.1) is 0 Å². The van der Waals surface area contributed by atoms with Gasteiger partial charge in [-0.2, -0.15) is 0 Å². The Hall–Kier alpha value is 0.499. The summed E-state index contributed by atoms with van der Waals surface area (Å²) in [6.45, 7) is 4.75. The molecule has 0 aromatic carbocycles. The first-order valence-electron chi connectivity index (χ1n) is 5.22. The van der Waals surface area contributed by atoms with Crippen molar-refractivity contribution in [2.45, 2.75) is 44.1 Å². The Morgan fingerprint density at radius 2 is 2.08 bits per heavy atom. The fourth-order valence-corrected chi connectivity index (χ4v) is 5.20. The third-order valence-electron chi connectivity index (χ3n) is 2.63. The zero-order chi connectivity index (χ0) is 9.95. The maximum absolute atomic E-state index is 5.50. The summed E-state index contributed by atoms with van der Waals surface area (Å²) in [5.41, 5.74) is 0.235. The van der Waals surface area contributed by atoms with Crippen molar-refractivity contribution in [1.29, 1.82) is 0 Å². The van der Waals surface area contributed by atoms with E-state index in [1.54, 1.807) is 0 Å². The molecule has 0 amide bonds. The second-order valence-corrected chi connectivity index (χ2v) is 21.4. The van der Waals surface area contributed by atoms with Gasteiger partial charge in [-0.05, 0) is 0 Å². The molecule has 0 radical (unpaired) electrons. The van der Waals surface area contributed by atoms with E-state index in [9.17, 15) is 0 Å². The summed E-state index contributed by atoms with van der Waals surface area (Å²) in [6, 6.07) is 0. The van der Waals surface area contributed by atoms with Crippen molar-refractivity contribution in [2.75, 3.05) is 6.61 Å². The molecule has 0 aromatic rings. The molecule has 1 nitrogen and oxygen atoms in total. The third-order valence-corrected chi connectivity index (χ3v) is 7.92. The van der Waals surface area contributed by atoms with Gasteiger partial charge in [0.25, 0.3) is 0 Å². The van der Waals surface area contributed by atoms with Crippen LogP contribution in [0.3, 0.4) is 0 Å². The average molecular weight is 289 g/mol. The van der Waals surface area contributed by atoms with Gasteiger partial charge < -0.3 is 0 Å². The van der Waals surface area contributed by atoms with Crippen molar-refractivity contribution < 1.29 is 4.74 Å². The van der Waals surface area contributed by atoms with Crippen LogP contribution in [-0.2, 0) is 4.74 Å². The average Bonchev–Trinajstić information content (AvgIpc) is 2.67. The van der Waals surface area contributed by atoms with Crippen LogP contribution in [0.4, 0.5) is 0 Å². The topological polar surface area (TPSA) is 12.5 Å². The number of ether oxygens (including phenoxy) is 1. The molecule has 0 saturated carbocycles. The third kappa shape index (κ3) is 4.50. The maximum atomic E-state index is 5.50. The summed E-state index contributed by atoms with van der Waals surface area (Å²) in [5, 5.41) is 0. The van der Waals surface area contributed by atoms with Crippen LogP contribution in [0.5, 0.6) is 0 Å². The van der Waals surface area contributed by atoms with Gasteiger partial charge in [0.15, 0.2) is 0 Å². The van der Waals surface area contributed by atoms with Crippen LogP contribution >= 0.6 is 0 Å². The molecule has 1 aliphatic heterocycles. The van der Waals surface area contributed by atoms with Crippen LogP contribution in [0.15, 0.2) is 12.7 Å². The molecule has 1 rings (SSSR count). The van der Waals surface area contributed by atoms with E-state index in [4.69, 9.17) is 4.74 Å². The first-order chi connectivity index (χ1) is 5.97. The minimum absolute atomic E-state index is 0.235. The van der Waals surface area contributed by atoms with Crippen LogP contribution < -0.4 is 0 Å². The quantitative estimate of drug-likeness (QED) is 0.414. The van der Waals surface area contributed by atoms with E-state index >= 15 is 0 Å². The van der Waals surface area contributed by atoms with Crippen molar-refractivity contribution in [3.05, 3.63) is 12.7 Å². The number of hydrogen-bond acceptors (Lipinski definition) is 1. The molecule has 2 heteroatoms. The molecule has 0 bridgehead atoms. The molecule has 1 unspecified atom stereocenters. The molecule has 1 fully saturated rings. The number of hydrogen-bond donors (Lipinski definition) is 0. The van der Waals surface area contributed by atoms with Gasteiger partial charge in [0.2, 0.25) is 0 Å². The fraction of sp³-hybridized carbons (Fsp3) is 0.818. The first kappa shape index (κ1) is 11.6. The Kier molecular flexibility index (Phi) is 3.87. The molecule has 0 aliphatic carbocycles. The van der Waals surface area contributed by atoms with E-state index in [1.807, 2.05) is 6.08 Å². The zero-order valence-corrected chi connectivity index (χ0v) is 12.1. The first-order valence-corrected chi connectivity index (χ1v) is 15.8. The van der Waals surface area contributed by atoms with Gasteiger partial charge in [0.05, 0.1) is 0 Å². The SMILES string of the molecule is C=CCC1(CC[CH2][Sn]([CH3])([CH3])[CH3])CO1. The van der Waals surface area contributed by atoms with Gasteiger partial charge in [-0.1, -0.05) is 0 Å². The Bertz CT molecular complexity index is 177. The van der Waals surface area contributed by atoms with Crippen molar-refractivity contribution in [3.8, 4) is 0 Å². The van der Waals surface area contributed by atoms with Crippen LogP contribution in [-0.4, -0.2) is 30.6 Å². The number of rotatable bonds is 6. The molecule has 1 atom stereocenters. The predicted octanol–water partition coefficient (Wildman–Crippen LogP) is 3.45. The summed E-state index contributed by atoms with van der Waals surface area (Å²) in [6.07, 6.45) is 5.67. The predicted molar refractivity (Wildman–Crippen MR) is 60.9 cm³/mol. The summed E-state index contributed by atoms with van der Waals surface area (Å²) >= 11 is -1.50. The summed E-state index contributed by atoms with van der Waals surface area (Å²) in [4.78, 5) is 7.51. The zero-order valence-electron chi connectivity index (χ0n) is 9.23. The molecule has 1 saturated heterocycles. The van der Waals surface area contributed by atoms with Gasteiger partial charge in [0, 0.05) is 0 Å². The molecular weight excluding hydrogens is 267 g/mol. The van der Waals surface area contributed by atoms with E-state index in [0.29, 0.717) is 0 Å². The molecule has 0 spiro atoms. The van der Waals surface area contributed by atoms with E-state index in [0.717, 1.165) is 13.0 Å². The summed E-state index contributed by atoms with van der Waals surface area (Å²) in [5.74, 6) is 0. The molecule has 0 N–H and O–H groups in total. The minimum atomic E-state index is -1.50. The molecule has 13 heavy (non-hydrogen) atoms. The van der Waals surface area contributed by atoms with E-state index < -0.39 is 18.4 Å². The summed E-state index contributed by atoms with van der Waals surface area (Å²) in [7, 11) is 0. The van der Waals surface area contributed by atoms with Gasteiger partial charge in [0.1, 0.15) is 0 Å².